The van der Waals surface area contributed by atoms with Gasteiger partial charge in [-0.3, -0.25) is 0 Å². The number of alkyl carbamates (subject to hydrolysis) is 1. The first kappa shape index (κ1) is 15.3. The summed E-state index contributed by atoms with van der Waals surface area (Å²) in [7, 11) is 0. The SMILES string of the molecule is CC1(C)CCNC(CNC(=O)OC(C)(C)C)CC1. The molecule has 1 amide bonds. The van der Waals surface area contributed by atoms with Crippen molar-refractivity contribution in [2.75, 3.05) is 13.1 Å². The molecule has 0 aromatic heterocycles. The molecule has 4 heteroatoms. The Hall–Kier alpha value is -0.770. The first-order valence-corrected chi connectivity index (χ1v) is 6.88. The summed E-state index contributed by atoms with van der Waals surface area (Å²) in [6.45, 7) is 11.9. The molecule has 0 aromatic carbocycles. The quantitative estimate of drug-likeness (QED) is 0.798. The second-order valence-corrected chi connectivity index (χ2v) is 6.99. The summed E-state index contributed by atoms with van der Waals surface area (Å²) in [4.78, 5) is 11.6. The van der Waals surface area contributed by atoms with Gasteiger partial charge in [-0.05, 0) is 52.0 Å². The molecule has 18 heavy (non-hydrogen) atoms. The van der Waals surface area contributed by atoms with E-state index >= 15 is 0 Å². The van der Waals surface area contributed by atoms with E-state index in [1.165, 1.54) is 12.8 Å². The van der Waals surface area contributed by atoms with E-state index in [-0.39, 0.29) is 6.09 Å². The zero-order valence-electron chi connectivity index (χ0n) is 12.4. The van der Waals surface area contributed by atoms with E-state index in [1.54, 1.807) is 0 Å². The zero-order valence-corrected chi connectivity index (χ0v) is 12.4. The van der Waals surface area contributed by atoms with Gasteiger partial charge in [0.1, 0.15) is 5.60 Å². The lowest BCUT2D eigenvalue weighted by Crippen LogP contribution is -2.42. The first-order valence-electron chi connectivity index (χ1n) is 6.88. The summed E-state index contributed by atoms with van der Waals surface area (Å²) < 4.78 is 5.22. The van der Waals surface area contributed by atoms with Gasteiger partial charge >= 0.3 is 6.09 Å². The largest absolute Gasteiger partial charge is 0.444 e. The van der Waals surface area contributed by atoms with Crippen molar-refractivity contribution in [1.82, 2.24) is 10.6 Å². The van der Waals surface area contributed by atoms with Crippen molar-refractivity contribution in [3.63, 3.8) is 0 Å². The van der Waals surface area contributed by atoms with Gasteiger partial charge in [0, 0.05) is 12.6 Å². The number of amides is 1. The van der Waals surface area contributed by atoms with Gasteiger partial charge in [0.15, 0.2) is 0 Å². The predicted octanol–water partition coefficient (Wildman–Crippen LogP) is 2.68. The van der Waals surface area contributed by atoms with Gasteiger partial charge < -0.3 is 15.4 Å². The maximum Gasteiger partial charge on any atom is 0.407 e. The van der Waals surface area contributed by atoms with Crippen molar-refractivity contribution < 1.29 is 9.53 Å². The summed E-state index contributed by atoms with van der Waals surface area (Å²) in [5, 5.41) is 6.33. The number of carbonyl (C=O) groups excluding carboxylic acids is 1. The van der Waals surface area contributed by atoms with Crippen LogP contribution in [0.2, 0.25) is 0 Å². The molecule has 1 aliphatic heterocycles. The Labute approximate surface area is 111 Å². The zero-order chi connectivity index (χ0) is 13.8. The van der Waals surface area contributed by atoms with Crippen LogP contribution in [0, 0.1) is 5.41 Å². The molecule has 2 N–H and O–H groups in total. The summed E-state index contributed by atoms with van der Waals surface area (Å²) in [6, 6.07) is 0.360. The third kappa shape index (κ3) is 6.24. The van der Waals surface area contributed by atoms with E-state index in [9.17, 15) is 4.79 Å². The van der Waals surface area contributed by atoms with Crippen LogP contribution in [-0.2, 0) is 4.74 Å². The number of nitrogens with one attached hydrogen (secondary N) is 2. The van der Waals surface area contributed by atoms with E-state index < -0.39 is 5.60 Å². The third-order valence-corrected chi connectivity index (χ3v) is 3.30. The molecule has 4 nitrogen and oxygen atoms in total. The second kappa shape index (κ2) is 5.91. The topological polar surface area (TPSA) is 50.4 Å². The average Bonchev–Trinajstić information content (AvgIpc) is 2.34. The van der Waals surface area contributed by atoms with Crippen LogP contribution in [-0.4, -0.2) is 30.8 Å². The molecule has 1 fully saturated rings. The number of ether oxygens (including phenoxy) is 1. The highest BCUT2D eigenvalue weighted by Crippen LogP contribution is 2.28. The number of carbonyl (C=O) groups is 1. The summed E-state index contributed by atoms with van der Waals surface area (Å²) in [6.07, 6.45) is 3.16. The molecule has 1 aliphatic rings. The fourth-order valence-electron chi connectivity index (χ4n) is 2.10. The Morgan fingerprint density at radius 1 is 1.39 bits per heavy atom. The highest BCUT2D eigenvalue weighted by atomic mass is 16.6. The Morgan fingerprint density at radius 3 is 2.67 bits per heavy atom. The molecular weight excluding hydrogens is 228 g/mol. The monoisotopic (exact) mass is 256 g/mol. The van der Waals surface area contributed by atoms with Crippen LogP contribution in [0.25, 0.3) is 0 Å². The van der Waals surface area contributed by atoms with Gasteiger partial charge in [-0.25, -0.2) is 4.79 Å². The van der Waals surface area contributed by atoms with E-state index in [0.717, 1.165) is 13.0 Å². The smallest absolute Gasteiger partial charge is 0.407 e. The van der Waals surface area contributed by atoms with Gasteiger partial charge in [0.25, 0.3) is 0 Å². The first-order chi connectivity index (χ1) is 8.18. The van der Waals surface area contributed by atoms with Crippen molar-refractivity contribution >= 4 is 6.09 Å². The molecule has 1 atom stereocenters. The molecule has 1 rings (SSSR count). The van der Waals surface area contributed by atoms with Crippen LogP contribution in [0.1, 0.15) is 53.9 Å². The molecule has 0 saturated carbocycles. The highest BCUT2D eigenvalue weighted by Gasteiger charge is 2.24. The molecule has 1 unspecified atom stereocenters. The molecular formula is C14H28N2O2. The summed E-state index contributed by atoms with van der Waals surface area (Å²) in [5.74, 6) is 0. The van der Waals surface area contributed by atoms with Gasteiger partial charge in [-0.2, -0.15) is 0 Å². The lowest BCUT2D eigenvalue weighted by molar-refractivity contribution is 0.0522. The average molecular weight is 256 g/mol. The van der Waals surface area contributed by atoms with Gasteiger partial charge in [-0.15, -0.1) is 0 Å². The summed E-state index contributed by atoms with van der Waals surface area (Å²) >= 11 is 0. The predicted molar refractivity (Wildman–Crippen MR) is 73.7 cm³/mol. The van der Waals surface area contributed by atoms with Gasteiger partial charge in [0.2, 0.25) is 0 Å². The van der Waals surface area contributed by atoms with Gasteiger partial charge in [-0.1, -0.05) is 13.8 Å². The standard InChI is InChI=1S/C14H28N2O2/c1-13(2,3)18-12(17)16-10-11-6-7-14(4,5)8-9-15-11/h11,15H,6-10H2,1-5H3,(H,16,17). The minimum absolute atomic E-state index is 0.326. The maximum atomic E-state index is 11.6. The molecule has 0 bridgehead atoms. The normalized spacial score (nSPS) is 24.2. The minimum Gasteiger partial charge on any atom is -0.444 e. The number of hydrogen-bond acceptors (Lipinski definition) is 3. The van der Waals surface area contributed by atoms with Crippen molar-refractivity contribution in [1.29, 1.82) is 0 Å². The van der Waals surface area contributed by atoms with E-state index in [4.69, 9.17) is 4.74 Å². The molecule has 106 valence electrons. The van der Waals surface area contributed by atoms with E-state index in [2.05, 4.69) is 24.5 Å². The molecule has 0 spiro atoms. The summed E-state index contributed by atoms with van der Waals surface area (Å²) in [5.41, 5.74) is -0.0172. The van der Waals surface area contributed by atoms with Crippen LogP contribution in [0.4, 0.5) is 4.79 Å². The van der Waals surface area contributed by atoms with Crippen LogP contribution in [0.15, 0.2) is 0 Å². The molecule has 0 aliphatic carbocycles. The lowest BCUT2D eigenvalue weighted by Gasteiger charge is -2.22. The molecule has 0 radical (unpaired) electrons. The lowest BCUT2D eigenvalue weighted by atomic mass is 9.85. The van der Waals surface area contributed by atoms with Crippen LogP contribution in [0.3, 0.4) is 0 Å². The Kier molecular flexibility index (Phi) is 5.02. The Morgan fingerprint density at radius 2 is 2.06 bits per heavy atom. The molecule has 0 aromatic rings. The van der Waals surface area contributed by atoms with Crippen molar-refractivity contribution in [2.24, 2.45) is 5.41 Å². The Bertz CT molecular complexity index is 282. The van der Waals surface area contributed by atoms with E-state index in [1.807, 2.05) is 20.8 Å². The van der Waals surface area contributed by atoms with Crippen molar-refractivity contribution in [3.05, 3.63) is 0 Å². The minimum atomic E-state index is -0.428. The fourth-order valence-corrected chi connectivity index (χ4v) is 2.10. The number of rotatable bonds is 2. The fraction of sp³-hybridized carbons (Fsp3) is 0.929. The Balaban J connectivity index is 2.29. The van der Waals surface area contributed by atoms with Crippen molar-refractivity contribution in [3.8, 4) is 0 Å². The maximum absolute atomic E-state index is 11.6. The molecule has 1 heterocycles. The van der Waals surface area contributed by atoms with E-state index in [0.29, 0.717) is 18.0 Å². The van der Waals surface area contributed by atoms with Crippen molar-refractivity contribution in [2.45, 2.75) is 65.5 Å². The molecule has 1 saturated heterocycles. The van der Waals surface area contributed by atoms with Crippen LogP contribution < -0.4 is 10.6 Å². The van der Waals surface area contributed by atoms with Gasteiger partial charge in [0.05, 0.1) is 0 Å². The third-order valence-electron chi connectivity index (χ3n) is 3.30. The second-order valence-electron chi connectivity index (χ2n) is 6.99. The van der Waals surface area contributed by atoms with Crippen LogP contribution >= 0.6 is 0 Å². The number of hydrogen-bond donors (Lipinski definition) is 2. The highest BCUT2D eigenvalue weighted by molar-refractivity contribution is 5.67. The van der Waals surface area contributed by atoms with Crippen LogP contribution in [0.5, 0.6) is 0 Å².